The number of para-hydroxylation sites is 1. The normalized spacial score (nSPS) is 14.7. The van der Waals surface area contributed by atoms with Crippen LogP contribution in [0.2, 0.25) is 0 Å². The van der Waals surface area contributed by atoms with E-state index in [0.29, 0.717) is 37.5 Å². The molecular formula is C21H30N6O2S. The highest BCUT2D eigenvalue weighted by atomic mass is 32.1. The Labute approximate surface area is 182 Å². The number of H-pyrrole nitrogens is 1. The molecule has 1 saturated heterocycles. The molecule has 0 radical (unpaired) electrons. The van der Waals surface area contributed by atoms with Crippen molar-refractivity contribution in [3.8, 4) is 0 Å². The van der Waals surface area contributed by atoms with E-state index in [9.17, 15) is 9.59 Å². The number of carbonyl (C=O) groups excluding carboxylic acids is 2. The van der Waals surface area contributed by atoms with Gasteiger partial charge >= 0.3 is 0 Å². The molecule has 0 spiro atoms. The van der Waals surface area contributed by atoms with E-state index in [1.54, 1.807) is 4.57 Å². The number of anilines is 1. The third-order valence-corrected chi connectivity index (χ3v) is 5.68. The number of aryl methyl sites for hydroxylation is 2. The van der Waals surface area contributed by atoms with Gasteiger partial charge in [-0.15, -0.1) is 0 Å². The van der Waals surface area contributed by atoms with Gasteiger partial charge in [-0.3, -0.25) is 24.2 Å². The largest absolute Gasteiger partial charge is 0.339 e. The first kappa shape index (κ1) is 22.2. The van der Waals surface area contributed by atoms with E-state index in [1.807, 2.05) is 29.2 Å². The minimum absolute atomic E-state index is 0.0235. The van der Waals surface area contributed by atoms with Crippen molar-refractivity contribution < 1.29 is 9.59 Å². The molecule has 2 amide bonds. The van der Waals surface area contributed by atoms with E-state index < -0.39 is 0 Å². The first-order valence-electron chi connectivity index (χ1n) is 10.5. The van der Waals surface area contributed by atoms with Crippen LogP contribution in [0.3, 0.4) is 0 Å². The summed E-state index contributed by atoms with van der Waals surface area (Å²) in [4.78, 5) is 29.1. The lowest BCUT2D eigenvalue weighted by atomic mass is 10.1. The summed E-state index contributed by atoms with van der Waals surface area (Å²) in [7, 11) is 0. The number of nitrogens with zero attached hydrogens (tertiary/aromatic N) is 4. The van der Waals surface area contributed by atoms with Crippen molar-refractivity contribution in [3.05, 3.63) is 40.4 Å². The average Bonchev–Trinajstić information content (AvgIpc) is 3.08. The molecule has 0 saturated carbocycles. The van der Waals surface area contributed by atoms with Gasteiger partial charge in [0.15, 0.2) is 4.77 Å². The molecule has 30 heavy (non-hydrogen) atoms. The molecule has 1 aliphatic heterocycles. The summed E-state index contributed by atoms with van der Waals surface area (Å²) in [6.07, 6.45) is 2.60. The standard InChI is InChI=1S/C21H30N6O2S/c1-3-7-18-23-24-21(30)27(18)15-20(29)26-12-10-25(11-13-26)14-19(28)22-17-9-6-5-8-16(17)4-2/h5-6,8-9H,3-4,7,10-15H2,1-2H3,(H,22,28)(H,24,30). The van der Waals surface area contributed by atoms with Gasteiger partial charge in [0.25, 0.3) is 0 Å². The van der Waals surface area contributed by atoms with E-state index in [1.165, 1.54) is 0 Å². The molecule has 0 bridgehead atoms. The van der Waals surface area contributed by atoms with Gasteiger partial charge in [0.1, 0.15) is 12.4 Å². The van der Waals surface area contributed by atoms with E-state index in [-0.39, 0.29) is 18.4 Å². The molecule has 162 valence electrons. The number of benzene rings is 1. The van der Waals surface area contributed by atoms with Crippen molar-refractivity contribution in [2.45, 2.75) is 39.7 Å². The van der Waals surface area contributed by atoms with Crippen LogP contribution in [0.4, 0.5) is 5.69 Å². The summed E-state index contributed by atoms with van der Waals surface area (Å²) in [5.74, 6) is 0.828. The van der Waals surface area contributed by atoms with Crippen LogP contribution < -0.4 is 5.32 Å². The summed E-state index contributed by atoms with van der Waals surface area (Å²) < 4.78 is 2.26. The number of amides is 2. The van der Waals surface area contributed by atoms with Crippen LogP contribution in [0.15, 0.2) is 24.3 Å². The molecule has 3 rings (SSSR count). The molecule has 1 aromatic carbocycles. The summed E-state index contributed by atoms with van der Waals surface area (Å²) >= 11 is 5.27. The minimum atomic E-state index is -0.0235. The number of aromatic amines is 1. The zero-order valence-electron chi connectivity index (χ0n) is 17.7. The number of aromatic nitrogens is 3. The maximum absolute atomic E-state index is 12.7. The lowest BCUT2D eigenvalue weighted by Gasteiger charge is -2.34. The highest BCUT2D eigenvalue weighted by molar-refractivity contribution is 7.71. The first-order valence-corrected chi connectivity index (χ1v) is 10.9. The van der Waals surface area contributed by atoms with Crippen LogP contribution in [0.5, 0.6) is 0 Å². The van der Waals surface area contributed by atoms with E-state index in [2.05, 4.69) is 34.3 Å². The summed E-state index contributed by atoms with van der Waals surface area (Å²) in [6, 6.07) is 7.86. The zero-order valence-corrected chi connectivity index (χ0v) is 18.5. The van der Waals surface area contributed by atoms with E-state index >= 15 is 0 Å². The molecule has 9 heteroatoms. The van der Waals surface area contributed by atoms with Gasteiger partial charge in [-0.25, -0.2) is 0 Å². The van der Waals surface area contributed by atoms with Gasteiger partial charge in [-0.05, 0) is 36.7 Å². The van der Waals surface area contributed by atoms with Gasteiger partial charge in [0.2, 0.25) is 11.8 Å². The Morgan fingerprint density at radius 3 is 2.57 bits per heavy atom. The second kappa shape index (κ2) is 10.5. The average molecular weight is 431 g/mol. The quantitative estimate of drug-likeness (QED) is 0.628. The number of rotatable bonds is 8. The van der Waals surface area contributed by atoms with Crippen LogP contribution >= 0.6 is 12.2 Å². The van der Waals surface area contributed by atoms with Gasteiger partial charge in [0, 0.05) is 38.3 Å². The van der Waals surface area contributed by atoms with E-state index in [4.69, 9.17) is 12.2 Å². The van der Waals surface area contributed by atoms with Gasteiger partial charge in [0.05, 0.1) is 6.54 Å². The SMILES string of the molecule is CCCc1n[nH]c(=S)n1CC(=O)N1CCN(CC(=O)Nc2ccccc2CC)CC1. The fraction of sp³-hybridized carbons (Fsp3) is 0.524. The zero-order chi connectivity index (χ0) is 21.5. The Morgan fingerprint density at radius 2 is 1.87 bits per heavy atom. The number of hydrogen-bond donors (Lipinski definition) is 2. The summed E-state index contributed by atoms with van der Waals surface area (Å²) in [6.45, 7) is 7.23. The first-order chi connectivity index (χ1) is 14.5. The number of piperazine rings is 1. The van der Waals surface area contributed by atoms with E-state index in [0.717, 1.165) is 36.3 Å². The molecule has 0 aliphatic carbocycles. The van der Waals surface area contributed by atoms with Crippen molar-refractivity contribution >= 4 is 29.7 Å². The molecular weight excluding hydrogens is 400 g/mol. The molecule has 0 unspecified atom stereocenters. The number of hydrogen-bond acceptors (Lipinski definition) is 5. The molecule has 0 atom stereocenters. The predicted octanol–water partition coefficient (Wildman–Crippen LogP) is 2.24. The number of nitrogens with one attached hydrogen (secondary N) is 2. The lowest BCUT2D eigenvalue weighted by Crippen LogP contribution is -2.51. The topological polar surface area (TPSA) is 86.3 Å². The van der Waals surface area contributed by atoms with Crippen molar-refractivity contribution in [3.63, 3.8) is 0 Å². The second-order valence-corrected chi connectivity index (χ2v) is 7.88. The van der Waals surface area contributed by atoms with Gasteiger partial charge in [-0.2, -0.15) is 5.10 Å². The van der Waals surface area contributed by atoms with Gasteiger partial charge < -0.3 is 10.2 Å². The molecule has 8 nitrogen and oxygen atoms in total. The van der Waals surface area contributed by atoms with Crippen molar-refractivity contribution in [2.24, 2.45) is 0 Å². The molecule has 1 aromatic heterocycles. The maximum Gasteiger partial charge on any atom is 0.242 e. The highest BCUT2D eigenvalue weighted by Crippen LogP contribution is 2.15. The van der Waals surface area contributed by atoms with Crippen LogP contribution in [0.1, 0.15) is 31.7 Å². The van der Waals surface area contributed by atoms with Crippen LogP contribution in [0, 0.1) is 4.77 Å². The molecule has 1 fully saturated rings. The van der Waals surface area contributed by atoms with Gasteiger partial charge in [-0.1, -0.05) is 32.0 Å². The Morgan fingerprint density at radius 1 is 1.13 bits per heavy atom. The summed E-state index contributed by atoms with van der Waals surface area (Å²) in [5, 5.41) is 10.0. The smallest absolute Gasteiger partial charge is 0.242 e. The fourth-order valence-corrected chi connectivity index (χ4v) is 3.88. The summed E-state index contributed by atoms with van der Waals surface area (Å²) in [5.41, 5.74) is 2.00. The van der Waals surface area contributed by atoms with Crippen molar-refractivity contribution in [1.82, 2.24) is 24.6 Å². The monoisotopic (exact) mass is 430 g/mol. The Bertz CT molecular complexity index is 930. The fourth-order valence-electron chi connectivity index (χ4n) is 3.66. The second-order valence-electron chi connectivity index (χ2n) is 7.50. The van der Waals surface area contributed by atoms with Crippen LogP contribution in [-0.4, -0.2) is 69.1 Å². The third-order valence-electron chi connectivity index (χ3n) is 5.37. The Hall–Kier alpha value is -2.52. The molecule has 2 aromatic rings. The van der Waals surface area contributed by atoms with Crippen LogP contribution in [0.25, 0.3) is 0 Å². The lowest BCUT2D eigenvalue weighted by molar-refractivity contribution is -0.133. The third kappa shape index (κ3) is 5.54. The predicted molar refractivity (Wildman–Crippen MR) is 119 cm³/mol. The van der Waals surface area contributed by atoms with Crippen LogP contribution in [-0.2, 0) is 29.0 Å². The molecule has 2 heterocycles. The molecule has 2 N–H and O–H groups in total. The van der Waals surface area contributed by atoms with Crippen molar-refractivity contribution in [1.29, 1.82) is 0 Å². The Kier molecular flexibility index (Phi) is 7.75. The van der Waals surface area contributed by atoms with Crippen molar-refractivity contribution in [2.75, 3.05) is 38.0 Å². The number of carbonyl (C=O) groups is 2. The Balaban J connectivity index is 1.49. The minimum Gasteiger partial charge on any atom is -0.339 e. The maximum atomic E-state index is 12.7. The molecule has 1 aliphatic rings. The highest BCUT2D eigenvalue weighted by Gasteiger charge is 2.23.